The second-order valence-corrected chi connectivity index (χ2v) is 2.72. The van der Waals surface area contributed by atoms with E-state index in [-0.39, 0.29) is 11.5 Å². The molecule has 0 aliphatic carbocycles. The van der Waals surface area contributed by atoms with E-state index in [0.29, 0.717) is 6.42 Å². The highest BCUT2D eigenvalue weighted by molar-refractivity contribution is 5.90. The van der Waals surface area contributed by atoms with Crippen molar-refractivity contribution >= 4 is 5.78 Å². The van der Waals surface area contributed by atoms with Crippen LogP contribution in [0.5, 0.6) is 0 Å². The van der Waals surface area contributed by atoms with Gasteiger partial charge in [0, 0.05) is 12.5 Å². The molecule has 0 aromatic heterocycles. The molecular formula is C10H16O2. The summed E-state index contributed by atoms with van der Waals surface area (Å²) in [5, 5.41) is 9.29. The molecule has 0 aliphatic heterocycles. The Morgan fingerprint density at radius 3 is 2.50 bits per heavy atom. The normalized spacial score (nSPS) is 13.2. The molecule has 0 radical (unpaired) electrons. The van der Waals surface area contributed by atoms with Gasteiger partial charge in [0.2, 0.25) is 0 Å². The Kier molecular flexibility index (Phi) is 5.09. The van der Waals surface area contributed by atoms with E-state index in [1.165, 1.54) is 6.08 Å². The van der Waals surface area contributed by atoms with E-state index < -0.39 is 0 Å². The number of allylic oxidation sites excluding steroid dienone is 3. The number of carbonyl (C=O) groups excluding carboxylic acids is 1. The van der Waals surface area contributed by atoms with Crippen molar-refractivity contribution in [1.29, 1.82) is 0 Å². The summed E-state index contributed by atoms with van der Waals surface area (Å²) in [6.07, 6.45) is 4.38. The van der Waals surface area contributed by atoms with Crippen molar-refractivity contribution in [3.05, 3.63) is 23.5 Å². The van der Waals surface area contributed by atoms with Gasteiger partial charge in [-0.2, -0.15) is 0 Å². The Bertz CT molecular complexity index is 212. The monoisotopic (exact) mass is 168 g/mol. The quantitative estimate of drug-likeness (QED) is 0.398. The highest BCUT2D eigenvalue weighted by Gasteiger charge is 1.99. The lowest BCUT2D eigenvalue weighted by Crippen LogP contribution is -1.94. The number of ketones is 1. The van der Waals surface area contributed by atoms with E-state index in [9.17, 15) is 9.90 Å². The van der Waals surface area contributed by atoms with Crippen LogP contribution in [0, 0.1) is 0 Å². The van der Waals surface area contributed by atoms with E-state index in [1.807, 2.05) is 13.8 Å². The second-order valence-electron chi connectivity index (χ2n) is 2.72. The van der Waals surface area contributed by atoms with Gasteiger partial charge in [-0.05, 0) is 25.8 Å². The molecule has 0 fully saturated rings. The second kappa shape index (κ2) is 5.58. The van der Waals surface area contributed by atoms with Gasteiger partial charge in [-0.1, -0.05) is 13.0 Å². The van der Waals surface area contributed by atoms with Crippen LogP contribution in [0.25, 0.3) is 0 Å². The summed E-state index contributed by atoms with van der Waals surface area (Å²) in [4.78, 5) is 11.0. The van der Waals surface area contributed by atoms with Crippen molar-refractivity contribution in [2.24, 2.45) is 0 Å². The van der Waals surface area contributed by atoms with E-state index in [0.717, 1.165) is 12.0 Å². The van der Waals surface area contributed by atoms with Crippen molar-refractivity contribution < 1.29 is 9.90 Å². The average molecular weight is 168 g/mol. The molecule has 1 N–H and O–H groups in total. The number of hydrogen-bond donors (Lipinski definition) is 1. The first-order valence-electron chi connectivity index (χ1n) is 4.18. The molecule has 0 aromatic carbocycles. The van der Waals surface area contributed by atoms with Crippen LogP contribution in [-0.4, -0.2) is 10.9 Å². The van der Waals surface area contributed by atoms with Crippen LogP contribution >= 0.6 is 0 Å². The summed E-state index contributed by atoms with van der Waals surface area (Å²) in [7, 11) is 0. The van der Waals surface area contributed by atoms with Crippen molar-refractivity contribution in [3.63, 3.8) is 0 Å². The molecule has 0 spiro atoms. The van der Waals surface area contributed by atoms with Crippen molar-refractivity contribution in [2.75, 3.05) is 0 Å². The minimum atomic E-state index is -0.0174. The molecule has 0 aliphatic rings. The summed E-state index contributed by atoms with van der Waals surface area (Å²) < 4.78 is 0. The van der Waals surface area contributed by atoms with Crippen LogP contribution in [0.3, 0.4) is 0 Å². The molecule has 0 atom stereocenters. The molecule has 0 unspecified atom stereocenters. The summed E-state index contributed by atoms with van der Waals surface area (Å²) in [6.45, 7) is 5.53. The first-order chi connectivity index (χ1) is 5.61. The van der Waals surface area contributed by atoms with Crippen LogP contribution in [0.2, 0.25) is 0 Å². The Morgan fingerprint density at radius 1 is 1.50 bits per heavy atom. The van der Waals surface area contributed by atoms with E-state index in [4.69, 9.17) is 0 Å². The van der Waals surface area contributed by atoms with Gasteiger partial charge >= 0.3 is 0 Å². The van der Waals surface area contributed by atoms with Crippen LogP contribution in [0.15, 0.2) is 23.5 Å². The zero-order chi connectivity index (χ0) is 9.56. The number of aliphatic hydroxyl groups excluding tert-OH is 1. The molecule has 0 saturated carbocycles. The maximum atomic E-state index is 11.0. The number of aliphatic hydroxyl groups is 1. The predicted octanol–water partition coefficient (Wildman–Crippen LogP) is 2.76. The molecule has 2 nitrogen and oxygen atoms in total. The summed E-state index contributed by atoms with van der Waals surface area (Å²) in [6, 6.07) is 0. The lowest BCUT2D eigenvalue weighted by atomic mass is 10.1. The molecule has 0 rings (SSSR count). The van der Waals surface area contributed by atoms with Gasteiger partial charge in [-0.25, -0.2) is 0 Å². The van der Waals surface area contributed by atoms with Gasteiger partial charge in [0.25, 0.3) is 0 Å². The lowest BCUT2D eigenvalue weighted by molar-refractivity contribution is -0.114. The highest BCUT2D eigenvalue weighted by atomic mass is 16.3. The molecule has 0 heterocycles. The van der Waals surface area contributed by atoms with Gasteiger partial charge in [-0.15, -0.1) is 0 Å². The molecule has 68 valence electrons. The molecule has 0 bridgehead atoms. The average Bonchev–Trinajstić information content (AvgIpc) is 2.03. The van der Waals surface area contributed by atoms with Gasteiger partial charge in [0.05, 0.1) is 0 Å². The molecule has 0 aromatic rings. The van der Waals surface area contributed by atoms with Crippen molar-refractivity contribution in [3.8, 4) is 0 Å². The lowest BCUT2D eigenvalue weighted by Gasteiger charge is -1.97. The van der Waals surface area contributed by atoms with E-state index in [2.05, 4.69) is 0 Å². The minimum absolute atomic E-state index is 0.0174. The smallest absolute Gasteiger partial charge is 0.159 e. The summed E-state index contributed by atoms with van der Waals surface area (Å²) in [5.41, 5.74) is 0.736. The molecule has 12 heavy (non-hydrogen) atoms. The first-order valence-corrected chi connectivity index (χ1v) is 4.18. The molecule has 2 heteroatoms. The van der Waals surface area contributed by atoms with Gasteiger partial charge in [0.1, 0.15) is 5.76 Å². The van der Waals surface area contributed by atoms with E-state index in [1.54, 1.807) is 13.0 Å². The standard InChI is InChI=1S/C10H16O2/c1-4-6-9(11)7-10(12)8(3)5-2/h5,7,12H,4,6H2,1-3H3/b8-5+,10-7-. The minimum Gasteiger partial charge on any atom is -0.508 e. The molecular weight excluding hydrogens is 152 g/mol. The highest BCUT2D eigenvalue weighted by Crippen LogP contribution is 2.05. The fourth-order valence-corrected chi connectivity index (χ4v) is 0.733. The Balaban J connectivity index is 4.26. The topological polar surface area (TPSA) is 37.3 Å². The number of hydrogen-bond acceptors (Lipinski definition) is 2. The van der Waals surface area contributed by atoms with E-state index >= 15 is 0 Å². The summed E-state index contributed by atoms with van der Waals surface area (Å²) in [5.74, 6) is 0.0622. The van der Waals surface area contributed by atoms with Crippen molar-refractivity contribution in [1.82, 2.24) is 0 Å². The summed E-state index contributed by atoms with van der Waals surface area (Å²) >= 11 is 0. The molecule has 0 saturated heterocycles. The van der Waals surface area contributed by atoms with Crippen LogP contribution < -0.4 is 0 Å². The SMILES string of the molecule is C/C=C(C)/C(O)=C/C(=O)CCC. The Morgan fingerprint density at radius 2 is 2.08 bits per heavy atom. The number of carbonyl (C=O) groups is 1. The van der Waals surface area contributed by atoms with Crippen LogP contribution in [-0.2, 0) is 4.79 Å². The molecule has 0 amide bonds. The zero-order valence-electron chi connectivity index (χ0n) is 7.92. The maximum absolute atomic E-state index is 11.0. The third-order valence-corrected chi connectivity index (χ3v) is 1.63. The number of rotatable bonds is 4. The Labute approximate surface area is 73.6 Å². The third-order valence-electron chi connectivity index (χ3n) is 1.63. The van der Waals surface area contributed by atoms with Gasteiger partial charge < -0.3 is 5.11 Å². The third kappa shape index (κ3) is 3.96. The van der Waals surface area contributed by atoms with Crippen LogP contribution in [0.4, 0.5) is 0 Å². The van der Waals surface area contributed by atoms with Crippen molar-refractivity contribution in [2.45, 2.75) is 33.6 Å². The largest absolute Gasteiger partial charge is 0.508 e. The van der Waals surface area contributed by atoms with Crippen LogP contribution in [0.1, 0.15) is 33.6 Å². The predicted molar refractivity (Wildman–Crippen MR) is 50.1 cm³/mol. The maximum Gasteiger partial charge on any atom is 0.159 e. The fraction of sp³-hybridized carbons (Fsp3) is 0.500. The van der Waals surface area contributed by atoms with Gasteiger partial charge in [-0.3, -0.25) is 4.79 Å². The van der Waals surface area contributed by atoms with Gasteiger partial charge in [0.15, 0.2) is 5.78 Å². The fourth-order valence-electron chi connectivity index (χ4n) is 0.733. The first kappa shape index (κ1) is 11.0. The zero-order valence-corrected chi connectivity index (χ0v) is 7.92. The Hall–Kier alpha value is -1.05.